The summed E-state index contributed by atoms with van der Waals surface area (Å²) in [5.74, 6) is -0.914. The van der Waals surface area contributed by atoms with Crippen molar-refractivity contribution < 1.29 is 18.3 Å². The molecule has 0 saturated carbocycles. The van der Waals surface area contributed by atoms with Gasteiger partial charge >= 0.3 is 0 Å². The van der Waals surface area contributed by atoms with Crippen LogP contribution in [0.25, 0.3) is 11.3 Å². The molecule has 0 saturated heterocycles. The van der Waals surface area contributed by atoms with E-state index in [1.165, 1.54) is 25.3 Å². The summed E-state index contributed by atoms with van der Waals surface area (Å²) < 4.78 is 34.6. The summed E-state index contributed by atoms with van der Waals surface area (Å²) in [6.07, 6.45) is 0. The molecule has 1 amide bonds. The highest BCUT2D eigenvalue weighted by Crippen LogP contribution is 2.27. The van der Waals surface area contributed by atoms with Crippen molar-refractivity contribution in [3.63, 3.8) is 0 Å². The lowest BCUT2D eigenvalue weighted by Gasteiger charge is -2.07. The van der Waals surface area contributed by atoms with E-state index in [0.717, 1.165) is 0 Å². The highest BCUT2D eigenvalue weighted by molar-refractivity contribution is 5.93. The molecule has 3 rings (SSSR count). The van der Waals surface area contributed by atoms with Crippen molar-refractivity contribution in [2.24, 2.45) is 0 Å². The third kappa shape index (κ3) is 3.97. The Morgan fingerprint density at radius 3 is 2.59 bits per heavy atom. The van der Waals surface area contributed by atoms with Crippen molar-refractivity contribution in [2.75, 3.05) is 7.11 Å². The number of rotatable bonds is 6. The van der Waals surface area contributed by atoms with Crippen LogP contribution in [0.1, 0.15) is 23.0 Å². The standard InChI is InChI=1S/C20H19F2N3O2/c1-3-25-19(15-9-8-14(27-2)10-17(15)22)11-18(24-25)20(26)23-12-13-6-4-5-7-16(13)21/h4-11H,3,12H2,1-2H3,(H,23,26). The molecular formula is C20H19F2N3O2. The van der Waals surface area contributed by atoms with Crippen LogP contribution in [0.15, 0.2) is 48.5 Å². The maximum Gasteiger partial charge on any atom is 0.272 e. The Kier molecular flexibility index (Phi) is 5.49. The first-order chi connectivity index (χ1) is 13.0. The molecular weight excluding hydrogens is 352 g/mol. The molecule has 0 fully saturated rings. The first-order valence-corrected chi connectivity index (χ1v) is 8.46. The maximum absolute atomic E-state index is 14.4. The Bertz CT molecular complexity index is 970. The fraction of sp³-hybridized carbons (Fsp3) is 0.200. The third-order valence-corrected chi connectivity index (χ3v) is 4.16. The van der Waals surface area contributed by atoms with E-state index in [4.69, 9.17) is 4.74 Å². The van der Waals surface area contributed by atoms with Gasteiger partial charge in [0, 0.05) is 30.3 Å². The van der Waals surface area contributed by atoms with Gasteiger partial charge in [-0.05, 0) is 31.2 Å². The zero-order chi connectivity index (χ0) is 19.4. The molecule has 3 aromatic rings. The zero-order valence-corrected chi connectivity index (χ0v) is 15.0. The van der Waals surface area contributed by atoms with Crippen LogP contribution in [-0.2, 0) is 13.1 Å². The van der Waals surface area contributed by atoms with Crippen LogP contribution < -0.4 is 10.1 Å². The summed E-state index contributed by atoms with van der Waals surface area (Å²) in [6.45, 7) is 2.34. The first-order valence-electron chi connectivity index (χ1n) is 8.46. The SMILES string of the molecule is CCn1nc(C(=O)NCc2ccccc2F)cc1-c1ccc(OC)cc1F. The third-order valence-electron chi connectivity index (χ3n) is 4.16. The quantitative estimate of drug-likeness (QED) is 0.717. The summed E-state index contributed by atoms with van der Waals surface area (Å²) >= 11 is 0. The Hall–Kier alpha value is -3.22. The van der Waals surface area contributed by atoms with Crippen LogP contribution >= 0.6 is 0 Å². The zero-order valence-electron chi connectivity index (χ0n) is 15.0. The van der Waals surface area contributed by atoms with Crippen molar-refractivity contribution in [1.82, 2.24) is 15.1 Å². The Morgan fingerprint density at radius 1 is 1.15 bits per heavy atom. The number of hydrogen-bond donors (Lipinski definition) is 1. The van der Waals surface area contributed by atoms with Crippen molar-refractivity contribution in [3.8, 4) is 17.0 Å². The van der Waals surface area contributed by atoms with E-state index >= 15 is 0 Å². The van der Waals surface area contributed by atoms with Gasteiger partial charge in [-0.25, -0.2) is 8.78 Å². The highest BCUT2D eigenvalue weighted by Gasteiger charge is 2.18. The topological polar surface area (TPSA) is 56.2 Å². The average molecular weight is 371 g/mol. The van der Waals surface area contributed by atoms with Gasteiger partial charge in [0.1, 0.15) is 17.4 Å². The van der Waals surface area contributed by atoms with Crippen molar-refractivity contribution in [3.05, 3.63) is 71.4 Å². The predicted molar refractivity (Wildman–Crippen MR) is 97.4 cm³/mol. The van der Waals surface area contributed by atoms with Gasteiger partial charge in [0.25, 0.3) is 5.91 Å². The lowest BCUT2D eigenvalue weighted by Crippen LogP contribution is -2.24. The van der Waals surface area contributed by atoms with Crippen molar-refractivity contribution in [1.29, 1.82) is 0 Å². The number of aromatic nitrogens is 2. The minimum absolute atomic E-state index is 0.0384. The summed E-state index contributed by atoms with van der Waals surface area (Å²) in [4.78, 5) is 12.4. The molecule has 0 bridgehead atoms. The number of carbonyl (C=O) groups is 1. The van der Waals surface area contributed by atoms with Crippen LogP contribution in [0.3, 0.4) is 0 Å². The van der Waals surface area contributed by atoms with E-state index in [1.807, 2.05) is 6.92 Å². The molecule has 0 radical (unpaired) electrons. The number of aryl methyl sites for hydroxylation is 1. The fourth-order valence-corrected chi connectivity index (χ4v) is 2.72. The average Bonchev–Trinajstić information content (AvgIpc) is 3.11. The lowest BCUT2D eigenvalue weighted by molar-refractivity contribution is 0.0944. The fourth-order valence-electron chi connectivity index (χ4n) is 2.72. The van der Waals surface area contributed by atoms with Crippen LogP contribution in [0.4, 0.5) is 8.78 Å². The number of hydrogen-bond acceptors (Lipinski definition) is 3. The van der Waals surface area contributed by atoms with Crippen LogP contribution in [0, 0.1) is 11.6 Å². The minimum atomic E-state index is -0.470. The molecule has 0 aliphatic rings. The van der Waals surface area contributed by atoms with E-state index in [9.17, 15) is 13.6 Å². The van der Waals surface area contributed by atoms with Gasteiger partial charge in [0.15, 0.2) is 5.69 Å². The molecule has 2 aromatic carbocycles. The van der Waals surface area contributed by atoms with Crippen LogP contribution in [0.5, 0.6) is 5.75 Å². The Labute approximate surface area is 155 Å². The second-order valence-electron chi connectivity index (χ2n) is 5.85. The smallest absolute Gasteiger partial charge is 0.272 e. The molecule has 1 aromatic heterocycles. The van der Waals surface area contributed by atoms with Gasteiger partial charge in [0.05, 0.1) is 12.8 Å². The minimum Gasteiger partial charge on any atom is -0.497 e. The molecule has 7 heteroatoms. The molecule has 27 heavy (non-hydrogen) atoms. The summed E-state index contributed by atoms with van der Waals surface area (Å²) in [6, 6.07) is 12.2. The number of carbonyl (C=O) groups excluding carboxylic acids is 1. The lowest BCUT2D eigenvalue weighted by atomic mass is 10.1. The highest BCUT2D eigenvalue weighted by atomic mass is 19.1. The molecule has 5 nitrogen and oxygen atoms in total. The van der Waals surface area contributed by atoms with E-state index in [1.54, 1.807) is 35.0 Å². The van der Waals surface area contributed by atoms with Crippen molar-refractivity contribution >= 4 is 5.91 Å². The maximum atomic E-state index is 14.4. The monoisotopic (exact) mass is 371 g/mol. The number of ether oxygens (including phenoxy) is 1. The second kappa shape index (κ2) is 7.99. The Balaban J connectivity index is 1.83. The number of nitrogens with zero attached hydrogens (tertiary/aromatic N) is 2. The molecule has 0 spiro atoms. The van der Waals surface area contributed by atoms with Gasteiger partial charge in [-0.15, -0.1) is 0 Å². The molecule has 0 unspecified atom stereocenters. The van der Waals surface area contributed by atoms with Gasteiger partial charge in [0.2, 0.25) is 0 Å². The largest absolute Gasteiger partial charge is 0.497 e. The van der Waals surface area contributed by atoms with Gasteiger partial charge < -0.3 is 10.1 Å². The molecule has 0 atom stereocenters. The van der Waals surface area contributed by atoms with Gasteiger partial charge in [-0.3, -0.25) is 9.48 Å². The van der Waals surface area contributed by atoms with E-state index in [-0.39, 0.29) is 12.2 Å². The number of nitrogens with one attached hydrogen (secondary N) is 1. The van der Waals surface area contributed by atoms with Crippen molar-refractivity contribution in [2.45, 2.75) is 20.0 Å². The van der Waals surface area contributed by atoms with Gasteiger partial charge in [-0.2, -0.15) is 5.10 Å². The van der Waals surface area contributed by atoms with Crippen LogP contribution in [0.2, 0.25) is 0 Å². The Morgan fingerprint density at radius 2 is 1.93 bits per heavy atom. The number of amides is 1. The van der Waals surface area contributed by atoms with E-state index in [0.29, 0.717) is 29.1 Å². The second-order valence-corrected chi connectivity index (χ2v) is 5.85. The molecule has 0 aliphatic heterocycles. The molecule has 0 aliphatic carbocycles. The number of halogens is 2. The number of benzene rings is 2. The summed E-state index contributed by atoms with van der Waals surface area (Å²) in [7, 11) is 1.46. The van der Waals surface area contributed by atoms with Crippen LogP contribution in [-0.4, -0.2) is 22.8 Å². The van der Waals surface area contributed by atoms with E-state index < -0.39 is 17.5 Å². The summed E-state index contributed by atoms with van der Waals surface area (Å²) in [5, 5.41) is 6.87. The number of methoxy groups -OCH3 is 1. The molecule has 1 N–H and O–H groups in total. The predicted octanol–water partition coefficient (Wildman–Crippen LogP) is 3.79. The first kappa shape index (κ1) is 18.6. The van der Waals surface area contributed by atoms with Gasteiger partial charge in [-0.1, -0.05) is 18.2 Å². The molecule has 1 heterocycles. The summed E-state index contributed by atoms with van der Waals surface area (Å²) in [5.41, 5.74) is 1.31. The molecule has 140 valence electrons. The van der Waals surface area contributed by atoms with E-state index in [2.05, 4.69) is 10.4 Å². The normalized spacial score (nSPS) is 10.7.